The molecule has 1 aromatic heterocycles. The maximum atomic E-state index is 11.9. The number of hydrogen-bond donors (Lipinski definition) is 0. The Kier molecular flexibility index (Phi) is 6.20. The molecular formula is C20H21N3O4S. The molecule has 0 radical (unpaired) electrons. The first-order chi connectivity index (χ1) is 13.6. The lowest BCUT2D eigenvalue weighted by Crippen LogP contribution is -2.15. The Morgan fingerprint density at radius 1 is 1.00 bits per heavy atom. The fourth-order valence-corrected chi connectivity index (χ4v) is 3.53. The number of carbonyl (C=O) groups excluding carboxylic acids is 1. The number of benzene rings is 2. The van der Waals surface area contributed by atoms with Gasteiger partial charge in [-0.15, -0.1) is 10.2 Å². The Balaban J connectivity index is 2.10. The molecule has 0 aliphatic rings. The summed E-state index contributed by atoms with van der Waals surface area (Å²) in [5.41, 5.74) is 1.70. The van der Waals surface area contributed by atoms with E-state index in [2.05, 4.69) is 10.2 Å². The van der Waals surface area contributed by atoms with Crippen molar-refractivity contribution in [3.63, 3.8) is 0 Å². The van der Waals surface area contributed by atoms with Gasteiger partial charge in [-0.2, -0.15) is 0 Å². The smallest absolute Gasteiger partial charge is 0.318 e. The minimum absolute atomic E-state index is 0.322. The first kappa shape index (κ1) is 19.8. The van der Waals surface area contributed by atoms with E-state index in [0.717, 1.165) is 22.7 Å². The van der Waals surface area contributed by atoms with Crippen LogP contribution in [0, 0.1) is 0 Å². The van der Waals surface area contributed by atoms with Crippen LogP contribution in [0.3, 0.4) is 0 Å². The Morgan fingerprint density at radius 3 is 2.36 bits per heavy atom. The molecule has 0 N–H and O–H groups in total. The molecule has 0 unspecified atom stereocenters. The molecule has 0 aliphatic heterocycles. The van der Waals surface area contributed by atoms with Crippen molar-refractivity contribution in [2.75, 3.05) is 21.3 Å². The molecule has 1 atom stereocenters. The highest BCUT2D eigenvalue weighted by Crippen LogP contribution is 2.32. The number of rotatable bonds is 7. The van der Waals surface area contributed by atoms with Gasteiger partial charge in [0.1, 0.15) is 16.7 Å². The predicted molar refractivity (Wildman–Crippen MR) is 107 cm³/mol. The molecule has 0 saturated heterocycles. The van der Waals surface area contributed by atoms with E-state index in [-0.39, 0.29) is 5.97 Å². The van der Waals surface area contributed by atoms with Crippen molar-refractivity contribution in [1.29, 1.82) is 0 Å². The summed E-state index contributed by atoms with van der Waals surface area (Å²) >= 11 is 1.29. The number of hydrogen-bond acceptors (Lipinski definition) is 7. The van der Waals surface area contributed by atoms with Crippen LogP contribution in [0.1, 0.15) is 6.92 Å². The standard InChI is InChI=1S/C20H21N3O4S/c1-13(19(24)27-4)28-20-22-21-18(14-6-5-7-17(12-14)26-3)23(20)15-8-10-16(25-2)11-9-15/h5-13H,1-4H3/t13-/m0/s1. The lowest BCUT2D eigenvalue weighted by Gasteiger charge is -2.13. The van der Waals surface area contributed by atoms with Gasteiger partial charge in [0.2, 0.25) is 0 Å². The Labute approximate surface area is 167 Å². The van der Waals surface area contributed by atoms with Gasteiger partial charge >= 0.3 is 5.97 Å². The molecule has 8 heteroatoms. The van der Waals surface area contributed by atoms with Gasteiger partial charge in [-0.05, 0) is 43.3 Å². The number of ether oxygens (including phenoxy) is 3. The molecule has 0 fully saturated rings. The molecule has 0 spiro atoms. The Bertz CT molecular complexity index is 956. The van der Waals surface area contributed by atoms with Crippen LogP contribution in [0.15, 0.2) is 53.7 Å². The molecule has 0 amide bonds. The molecule has 0 aliphatic carbocycles. The van der Waals surface area contributed by atoms with E-state index in [1.165, 1.54) is 18.9 Å². The van der Waals surface area contributed by atoms with Crippen LogP contribution in [-0.4, -0.2) is 47.3 Å². The normalized spacial score (nSPS) is 11.7. The van der Waals surface area contributed by atoms with Gasteiger partial charge in [-0.25, -0.2) is 0 Å². The lowest BCUT2D eigenvalue weighted by atomic mass is 10.2. The van der Waals surface area contributed by atoms with Crippen LogP contribution < -0.4 is 9.47 Å². The average molecular weight is 399 g/mol. The lowest BCUT2D eigenvalue weighted by molar-refractivity contribution is -0.139. The van der Waals surface area contributed by atoms with Gasteiger partial charge in [-0.1, -0.05) is 23.9 Å². The fourth-order valence-electron chi connectivity index (χ4n) is 2.63. The SMILES string of the molecule is COC(=O)[C@H](C)Sc1nnc(-c2cccc(OC)c2)n1-c1ccc(OC)cc1. The number of esters is 1. The van der Waals surface area contributed by atoms with Crippen molar-refractivity contribution in [1.82, 2.24) is 14.8 Å². The molecule has 0 saturated carbocycles. The van der Waals surface area contributed by atoms with Gasteiger partial charge in [0.25, 0.3) is 0 Å². The topological polar surface area (TPSA) is 75.5 Å². The highest BCUT2D eigenvalue weighted by molar-refractivity contribution is 8.00. The number of thioether (sulfide) groups is 1. The van der Waals surface area contributed by atoms with Crippen LogP contribution in [0.25, 0.3) is 17.1 Å². The minimum Gasteiger partial charge on any atom is -0.497 e. The highest BCUT2D eigenvalue weighted by Gasteiger charge is 2.22. The second kappa shape index (κ2) is 8.79. The fraction of sp³-hybridized carbons (Fsp3) is 0.250. The molecule has 3 rings (SSSR count). The van der Waals surface area contributed by atoms with Crippen molar-refractivity contribution in [3.05, 3.63) is 48.5 Å². The van der Waals surface area contributed by atoms with Crippen LogP contribution >= 0.6 is 11.8 Å². The predicted octanol–water partition coefficient (Wildman–Crippen LogP) is 3.61. The second-order valence-electron chi connectivity index (χ2n) is 5.85. The third-order valence-corrected chi connectivity index (χ3v) is 5.13. The third kappa shape index (κ3) is 4.12. The van der Waals surface area contributed by atoms with Crippen molar-refractivity contribution >= 4 is 17.7 Å². The van der Waals surface area contributed by atoms with Crippen LogP contribution in [0.5, 0.6) is 11.5 Å². The summed E-state index contributed by atoms with van der Waals surface area (Å²) < 4.78 is 17.3. The summed E-state index contributed by atoms with van der Waals surface area (Å²) in [4.78, 5) is 11.9. The number of carbonyl (C=O) groups is 1. The quantitative estimate of drug-likeness (QED) is 0.444. The van der Waals surface area contributed by atoms with E-state index in [1.807, 2.05) is 53.1 Å². The van der Waals surface area contributed by atoms with E-state index >= 15 is 0 Å². The number of nitrogens with zero attached hydrogens (tertiary/aromatic N) is 3. The van der Waals surface area contributed by atoms with E-state index in [0.29, 0.717) is 11.0 Å². The minimum atomic E-state index is -0.427. The van der Waals surface area contributed by atoms with Crippen LogP contribution in [0.4, 0.5) is 0 Å². The zero-order valence-electron chi connectivity index (χ0n) is 16.1. The number of aromatic nitrogens is 3. The van der Waals surface area contributed by atoms with Crippen LogP contribution in [0.2, 0.25) is 0 Å². The van der Waals surface area contributed by atoms with E-state index < -0.39 is 5.25 Å². The Morgan fingerprint density at radius 2 is 1.71 bits per heavy atom. The molecule has 146 valence electrons. The maximum absolute atomic E-state index is 11.9. The zero-order chi connectivity index (χ0) is 20.1. The monoisotopic (exact) mass is 399 g/mol. The van der Waals surface area contributed by atoms with E-state index in [9.17, 15) is 4.79 Å². The van der Waals surface area contributed by atoms with E-state index in [4.69, 9.17) is 14.2 Å². The van der Waals surface area contributed by atoms with E-state index in [1.54, 1.807) is 21.1 Å². The van der Waals surface area contributed by atoms with Gasteiger partial charge < -0.3 is 14.2 Å². The summed E-state index contributed by atoms with van der Waals surface area (Å²) in [7, 11) is 4.61. The van der Waals surface area contributed by atoms with Gasteiger partial charge in [-0.3, -0.25) is 9.36 Å². The first-order valence-electron chi connectivity index (χ1n) is 8.56. The molecule has 0 bridgehead atoms. The summed E-state index contributed by atoms with van der Waals surface area (Å²) in [6, 6.07) is 15.1. The van der Waals surface area contributed by atoms with Crippen molar-refractivity contribution < 1.29 is 19.0 Å². The first-order valence-corrected chi connectivity index (χ1v) is 9.44. The zero-order valence-corrected chi connectivity index (χ0v) is 16.9. The van der Waals surface area contributed by atoms with Crippen molar-refractivity contribution in [3.8, 4) is 28.6 Å². The summed E-state index contributed by atoms with van der Waals surface area (Å²) in [5.74, 6) is 1.79. The largest absolute Gasteiger partial charge is 0.497 e. The van der Waals surface area contributed by atoms with Crippen molar-refractivity contribution in [2.45, 2.75) is 17.3 Å². The van der Waals surface area contributed by atoms with Crippen molar-refractivity contribution in [2.24, 2.45) is 0 Å². The highest BCUT2D eigenvalue weighted by atomic mass is 32.2. The molecule has 28 heavy (non-hydrogen) atoms. The summed E-state index contributed by atoms with van der Waals surface area (Å²) in [5, 5.41) is 8.85. The summed E-state index contributed by atoms with van der Waals surface area (Å²) in [6.45, 7) is 1.77. The van der Waals surface area contributed by atoms with Gasteiger partial charge in [0, 0.05) is 11.3 Å². The number of methoxy groups -OCH3 is 3. The Hall–Kier alpha value is -3.00. The average Bonchev–Trinajstić information content (AvgIpc) is 3.16. The molecule has 2 aromatic carbocycles. The third-order valence-electron chi connectivity index (χ3n) is 4.11. The molecule has 7 nitrogen and oxygen atoms in total. The molecule has 3 aromatic rings. The van der Waals surface area contributed by atoms with Gasteiger partial charge in [0.15, 0.2) is 11.0 Å². The van der Waals surface area contributed by atoms with Crippen LogP contribution in [-0.2, 0) is 9.53 Å². The maximum Gasteiger partial charge on any atom is 0.318 e. The van der Waals surface area contributed by atoms with Gasteiger partial charge in [0.05, 0.1) is 21.3 Å². The second-order valence-corrected chi connectivity index (χ2v) is 7.16. The molecular weight excluding hydrogens is 378 g/mol. The molecule has 1 heterocycles. The summed E-state index contributed by atoms with van der Waals surface area (Å²) in [6.07, 6.45) is 0.